The number of rotatable bonds is 7. The molecule has 174 valence electrons. The molecule has 8 heteroatoms. The van der Waals surface area contributed by atoms with Crippen LogP contribution in [0, 0.1) is 6.92 Å². The first-order valence-corrected chi connectivity index (χ1v) is 11.4. The molecular weight excluding hydrogens is 438 g/mol. The molecule has 35 heavy (non-hydrogen) atoms. The zero-order valence-electron chi connectivity index (χ0n) is 19.5. The lowest BCUT2D eigenvalue weighted by molar-refractivity contribution is 0.101. The second-order valence-electron chi connectivity index (χ2n) is 8.10. The van der Waals surface area contributed by atoms with Crippen LogP contribution in [-0.4, -0.2) is 30.9 Å². The molecule has 0 aliphatic carbocycles. The first kappa shape index (κ1) is 22.1. The minimum Gasteiger partial charge on any atom is -0.355 e. The normalized spacial score (nSPS) is 11.3. The highest BCUT2D eigenvalue weighted by Gasteiger charge is 2.13. The van der Waals surface area contributed by atoms with Crippen molar-refractivity contribution in [3.05, 3.63) is 95.7 Å². The predicted molar refractivity (Wildman–Crippen MR) is 140 cm³/mol. The fraction of sp³-hybridized carbons (Fsp3) is 0.111. The van der Waals surface area contributed by atoms with Gasteiger partial charge in [-0.3, -0.25) is 19.6 Å². The molecule has 0 radical (unpaired) electrons. The molecule has 0 fully saturated rings. The van der Waals surface area contributed by atoms with E-state index in [-0.39, 0.29) is 5.91 Å². The van der Waals surface area contributed by atoms with Gasteiger partial charge in [0.1, 0.15) is 5.69 Å². The number of hydrogen-bond acceptors (Lipinski definition) is 5. The molecule has 1 amide bonds. The summed E-state index contributed by atoms with van der Waals surface area (Å²) in [7, 11) is 0. The van der Waals surface area contributed by atoms with Crippen molar-refractivity contribution in [1.29, 1.82) is 0 Å². The van der Waals surface area contributed by atoms with Crippen LogP contribution in [0.5, 0.6) is 0 Å². The minimum atomic E-state index is -0.185. The summed E-state index contributed by atoms with van der Waals surface area (Å²) in [6.45, 7) is 4.47. The van der Waals surface area contributed by atoms with Crippen LogP contribution < -0.4 is 10.6 Å². The summed E-state index contributed by atoms with van der Waals surface area (Å²) in [5.74, 6) is -0.185. The van der Waals surface area contributed by atoms with Crippen LogP contribution in [-0.2, 0) is 6.54 Å². The molecule has 0 aliphatic heterocycles. The molecule has 0 atom stereocenters. The quantitative estimate of drug-likeness (QED) is 0.290. The Bertz CT molecular complexity index is 1520. The Kier molecular flexibility index (Phi) is 6.09. The van der Waals surface area contributed by atoms with E-state index < -0.39 is 0 Å². The van der Waals surface area contributed by atoms with Crippen LogP contribution in [0.1, 0.15) is 34.5 Å². The first-order chi connectivity index (χ1) is 17.1. The van der Waals surface area contributed by atoms with Crippen LogP contribution in [0.15, 0.2) is 72.9 Å². The Labute approximate surface area is 202 Å². The Morgan fingerprint density at radius 1 is 1.00 bits per heavy atom. The van der Waals surface area contributed by atoms with E-state index in [9.17, 15) is 4.79 Å². The van der Waals surface area contributed by atoms with Crippen LogP contribution >= 0.6 is 0 Å². The summed E-state index contributed by atoms with van der Waals surface area (Å²) >= 11 is 0. The largest absolute Gasteiger partial charge is 0.355 e. The molecule has 3 N–H and O–H groups in total. The monoisotopic (exact) mass is 463 g/mol. The van der Waals surface area contributed by atoms with E-state index in [1.807, 2.05) is 86.7 Å². The number of aromatic nitrogens is 5. The average Bonchev–Trinajstić information content (AvgIpc) is 3.46. The zero-order valence-corrected chi connectivity index (χ0v) is 19.5. The number of carbonyl (C=O) groups excluding carboxylic acids is 1. The molecule has 0 saturated carbocycles. The maximum atomic E-state index is 12.8. The van der Waals surface area contributed by atoms with Crippen LogP contribution in [0.4, 0.5) is 17.1 Å². The number of amides is 1. The maximum Gasteiger partial charge on any atom is 0.273 e. The lowest BCUT2D eigenvalue weighted by Crippen LogP contribution is -2.17. The lowest BCUT2D eigenvalue weighted by atomic mass is 10.1. The smallest absolute Gasteiger partial charge is 0.273 e. The van der Waals surface area contributed by atoms with Gasteiger partial charge in [0.05, 0.1) is 22.6 Å². The topological polar surface area (TPSA) is 101 Å². The van der Waals surface area contributed by atoms with Gasteiger partial charge >= 0.3 is 0 Å². The number of H-pyrrole nitrogens is 1. The van der Waals surface area contributed by atoms with Crippen molar-refractivity contribution in [1.82, 2.24) is 25.0 Å². The minimum absolute atomic E-state index is 0.185. The van der Waals surface area contributed by atoms with Gasteiger partial charge in [-0.1, -0.05) is 12.1 Å². The van der Waals surface area contributed by atoms with Crippen LogP contribution in [0.2, 0.25) is 0 Å². The number of hydrogen-bond donors (Lipinski definition) is 3. The molecule has 0 spiro atoms. The molecule has 3 heterocycles. The number of benzene rings is 2. The van der Waals surface area contributed by atoms with Crippen molar-refractivity contribution in [2.75, 3.05) is 10.6 Å². The van der Waals surface area contributed by atoms with E-state index in [1.54, 1.807) is 16.9 Å². The van der Waals surface area contributed by atoms with Crippen molar-refractivity contribution < 1.29 is 4.79 Å². The number of pyridine rings is 1. The average molecular weight is 464 g/mol. The number of nitrogens with zero attached hydrogens (tertiary/aromatic N) is 4. The molecule has 2 aromatic carbocycles. The highest BCUT2D eigenvalue weighted by atomic mass is 16.2. The van der Waals surface area contributed by atoms with Crippen molar-refractivity contribution in [3.63, 3.8) is 0 Å². The standard InChI is InChI=1S/C27H25N7O/c1-3-34-26(15-18(2)33-34)27(35)30-21-9-6-8-20(16-21)29-22-10-12-23-24(31-32-25(23)17-22)13-11-19-7-4-5-14-28-19/h4-17,29H,3H2,1-2H3,(H,30,35)(H,31,32)/b13-11+. The van der Waals surface area contributed by atoms with Gasteiger partial charge < -0.3 is 10.6 Å². The number of anilines is 3. The molecule has 0 aliphatic rings. The van der Waals surface area contributed by atoms with Gasteiger partial charge in [-0.15, -0.1) is 0 Å². The van der Waals surface area contributed by atoms with Crippen molar-refractivity contribution in [2.24, 2.45) is 0 Å². The Morgan fingerprint density at radius 2 is 1.86 bits per heavy atom. The fourth-order valence-electron chi connectivity index (χ4n) is 3.89. The second-order valence-corrected chi connectivity index (χ2v) is 8.10. The van der Waals surface area contributed by atoms with E-state index >= 15 is 0 Å². The van der Waals surface area contributed by atoms with Crippen molar-refractivity contribution in [3.8, 4) is 0 Å². The summed E-state index contributed by atoms with van der Waals surface area (Å²) < 4.78 is 1.70. The first-order valence-electron chi connectivity index (χ1n) is 11.4. The molecular formula is C27H25N7O. The van der Waals surface area contributed by atoms with Crippen LogP contribution in [0.3, 0.4) is 0 Å². The van der Waals surface area contributed by atoms with Crippen molar-refractivity contribution >= 4 is 46.0 Å². The Morgan fingerprint density at radius 3 is 2.69 bits per heavy atom. The van der Waals surface area contributed by atoms with Crippen LogP contribution in [0.25, 0.3) is 23.1 Å². The number of carbonyl (C=O) groups is 1. The molecule has 0 bridgehead atoms. The number of nitrogens with one attached hydrogen (secondary N) is 3. The molecule has 8 nitrogen and oxygen atoms in total. The lowest BCUT2D eigenvalue weighted by Gasteiger charge is -2.10. The van der Waals surface area contributed by atoms with E-state index in [0.29, 0.717) is 17.9 Å². The molecule has 3 aromatic heterocycles. The predicted octanol–water partition coefficient (Wildman–Crippen LogP) is 5.65. The Balaban J connectivity index is 1.31. The molecule has 5 rings (SSSR count). The van der Waals surface area contributed by atoms with Gasteiger partial charge in [0, 0.05) is 35.2 Å². The van der Waals surface area contributed by atoms with Gasteiger partial charge in [-0.05, 0) is 80.6 Å². The summed E-state index contributed by atoms with van der Waals surface area (Å²) in [4.78, 5) is 17.1. The van der Waals surface area contributed by atoms with E-state index in [0.717, 1.165) is 39.4 Å². The molecule has 5 aromatic rings. The summed E-state index contributed by atoms with van der Waals surface area (Å²) in [6, 6.07) is 21.2. The van der Waals surface area contributed by atoms with Crippen molar-refractivity contribution in [2.45, 2.75) is 20.4 Å². The molecule has 0 unspecified atom stereocenters. The maximum absolute atomic E-state index is 12.8. The third kappa shape index (κ3) is 4.96. The number of aryl methyl sites for hydroxylation is 2. The van der Waals surface area contributed by atoms with Gasteiger partial charge in [-0.25, -0.2) is 0 Å². The highest BCUT2D eigenvalue weighted by Crippen LogP contribution is 2.25. The third-order valence-corrected chi connectivity index (χ3v) is 5.54. The SMILES string of the molecule is CCn1nc(C)cc1C(=O)Nc1cccc(Nc2ccc3c(/C=C/c4ccccn4)n[nH]c3c2)c1. The van der Waals surface area contributed by atoms with E-state index in [1.165, 1.54) is 0 Å². The van der Waals surface area contributed by atoms with E-state index in [2.05, 4.69) is 30.9 Å². The molecule has 0 saturated heterocycles. The van der Waals surface area contributed by atoms with E-state index in [4.69, 9.17) is 0 Å². The van der Waals surface area contributed by atoms with Gasteiger partial charge in [0.15, 0.2) is 0 Å². The highest BCUT2D eigenvalue weighted by molar-refractivity contribution is 6.03. The third-order valence-electron chi connectivity index (χ3n) is 5.54. The van der Waals surface area contributed by atoms with Gasteiger partial charge in [0.25, 0.3) is 5.91 Å². The van der Waals surface area contributed by atoms with Gasteiger partial charge in [0.2, 0.25) is 0 Å². The second kappa shape index (κ2) is 9.64. The Hall–Kier alpha value is -4.72. The summed E-state index contributed by atoms with van der Waals surface area (Å²) in [6.07, 6.45) is 5.66. The number of aromatic amines is 1. The summed E-state index contributed by atoms with van der Waals surface area (Å²) in [5.41, 5.74) is 6.47. The van der Waals surface area contributed by atoms with Gasteiger partial charge in [-0.2, -0.15) is 10.2 Å². The summed E-state index contributed by atoms with van der Waals surface area (Å²) in [5, 5.41) is 19.2. The fourth-order valence-corrected chi connectivity index (χ4v) is 3.89. The number of fused-ring (bicyclic) bond motifs is 1. The zero-order chi connectivity index (χ0) is 24.2.